The smallest absolute Gasteiger partial charge is 0.245 e. The average Bonchev–Trinajstić information content (AvgIpc) is 1.80. The van der Waals surface area contributed by atoms with E-state index in [1.807, 2.05) is 0 Å². The molecule has 1 aliphatic rings. The Morgan fingerprint density at radius 2 is 2.22 bits per heavy atom. The lowest BCUT2D eigenvalue weighted by Crippen LogP contribution is -2.44. The van der Waals surface area contributed by atoms with Crippen LogP contribution < -0.4 is 11.1 Å². The minimum Gasteiger partial charge on any atom is -0.295 e. The Morgan fingerprint density at radius 1 is 1.56 bits per heavy atom. The van der Waals surface area contributed by atoms with Crippen LogP contribution in [0.5, 0.6) is 0 Å². The van der Waals surface area contributed by atoms with E-state index in [-0.39, 0.29) is 5.91 Å². The molecule has 0 saturated carbocycles. The Morgan fingerprint density at radius 3 is 2.67 bits per heavy atom. The molecule has 9 heavy (non-hydrogen) atoms. The summed E-state index contributed by atoms with van der Waals surface area (Å²) in [5.41, 5.74) is 7.00. The topological polar surface area (TPSA) is 70.0 Å². The SMILES string of the molecule is [NH][C@@H]1CCC(=O)NC1=O. The first-order valence-corrected chi connectivity index (χ1v) is 2.75. The molecule has 0 bridgehead atoms. The summed E-state index contributed by atoms with van der Waals surface area (Å²) in [5.74, 6) is -0.727. The van der Waals surface area contributed by atoms with Crippen LogP contribution in [0, 0.1) is 0 Å². The predicted octanol–water partition coefficient (Wildman–Crippen LogP) is -0.926. The van der Waals surface area contributed by atoms with Crippen molar-refractivity contribution in [1.29, 1.82) is 0 Å². The van der Waals surface area contributed by atoms with Gasteiger partial charge in [0.2, 0.25) is 11.8 Å². The number of carbonyl (C=O) groups is 2. The van der Waals surface area contributed by atoms with Crippen molar-refractivity contribution in [3.05, 3.63) is 0 Å². The molecule has 1 atom stereocenters. The maximum Gasteiger partial charge on any atom is 0.245 e. The van der Waals surface area contributed by atoms with E-state index in [2.05, 4.69) is 5.32 Å². The summed E-state index contributed by atoms with van der Waals surface area (Å²) in [6.45, 7) is 0. The average molecular weight is 127 g/mol. The van der Waals surface area contributed by atoms with Crippen LogP contribution >= 0.6 is 0 Å². The van der Waals surface area contributed by atoms with Crippen molar-refractivity contribution in [2.45, 2.75) is 18.9 Å². The predicted molar refractivity (Wildman–Crippen MR) is 29.3 cm³/mol. The second-order valence-electron chi connectivity index (χ2n) is 2.00. The van der Waals surface area contributed by atoms with Gasteiger partial charge >= 0.3 is 0 Å². The first-order chi connectivity index (χ1) is 4.20. The molecule has 4 heteroatoms. The molecule has 0 aromatic carbocycles. The molecule has 0 aromatic rings. The lowest BCUT2D eigenvalue weighted by molar-refractivity contribution is -0.134. The summed E-state index contributed by atoms with van der Waals surface area (Å²) in [4.78, 5) is 20.9. The zero-order valence-electron chi connectivity index (χ0n) is 4.81. The van der Waals surface area contributed by atoms with Crippen molar-refractivity contribution in [1.82, 2.24) is 11.1 Å². The molecule has 0 aromatic heterocycles. The van der Waals surface area contributed by atoms with Crippen molar-refractivity contribution in [3.8, 4) is 0 Å². The molecule has 1 radical (unpaired) electrons. The molecule has 1 heterocycles. The van der Waals surface area contributed by atoms with E-state index in [0.29, 0.717) is 12.8 Å². The summed E-state index contributed by atoms with van der Waals surface area (Å²) in [6, 6.07) is -0.734. The van der Waals surface area contributed by atoms with Gasteiger partial charge in [0.1, 0.15) is 6.04 Å². The van der Waals surface area contributed by atoms with E-state index in [1.54, 1.807) is 0 Å². The van der Waals surface area contributed by atoms with Gasteiger partial charge in [-0.2, -0.15) is 0 Å². The molecule has 4 nitrogen and oxygen atoms in total. The first-order valence-electron chi connectivity index (χ1n) is 2.75. The third kappa shape index (κ3) is 1.26. The Balaban J connectivity index is 2.54. The molecular formula is C5H7N2O2. The van der Waals surface area contributed by atoms with Gasteiger partial charge in [-0.1, -0.05) is 0 Å². The quantitative estimate of drug-likeness (QED) is 0.427. The molecule has 2 N–H and O–H groups in total. The van der Waals surface area contributed by atoms with Gasteiger partial charge in [0.15, 0.2) is 0 Å². The lowest BCUT2D eigenvalue weighted by Gasteiger charge is -2.14. The second kappa shape index (κ2) is 2.14. The Hall–Kier alpha value is -0.900. The van der Waals surface area contributed by atoms with Crippen molar-refractivity contribution < 1.29 is 9.59 Å². The largest absolute Gasteiger partial charge is 0.295 e. The minimum absolute atomic E-state index is 0.261. The summed E-state index contributed by atoms with van der Waals surface area (Å²) in [6.07, 6.45) is 0.671. The van der Waals surface area contributed by atoms with Gasteiger partial charge in [-0.3, -0.25) is 14.9 Å². The van der Waals surface area contributed by atoms with Crippen LogP contribution in [0.4, 0.5) is 0 Å². The number of rotatable bonds is 0. The van der Waals surface area contributed by atoms with E-state index < -0.39 is 11.9 Å². The highest BCUT2D eigenvalue weighted by molar-refractivity contribution is 6.00. The highest BCUT2D eigenvalue weighted by Crippen LogP contribution is 2.01. The van der Waals surface area contributed by atoms with Crippen LogP contribution in [-0.2, 0) is 9.59 Å². The molecule has 0 spiro atoms. The molecule has 2 amide bonds. The Labute approximate surface area is 52.4 Å². The van der Waals surface area contributed by atoms with Crippen molar-refractivity contribution in [2.75, 3.05) is 0 Å². The van der Waals surface area contributed by atoms with Gasteiger partial charge in [0.25, 0.3) is 0 Å². The van der Waals surface area contributed by atoms with Gasteiger partial charge in [0, 0.05) is 6.42 Å². The molecule has 0 unspecified atom stereocenters. The highest BCUT2D eigenvalue weighted by atomic mass is 16.2. The van der Waals surface area contributed by atoms with Gasteiger partial charge in [0.05, 0.1) is 0 Å². The molecule has 1 rings (SSSR count). The summed E-state index contributed by atoms with van der Waals surface area (Å²) in [7, 11) is 0. The number of amides is 2. The van der Waals surface area contributed by atoms with E-state index in [4.69, 9.17) is 5.73 Å². The second-order valence-corrected chi connectivity index (χ2v) is 2.00. The molecule has 49 valence electrons. The first kappa shape index (κ1) is 6.22. The normalized spacial score (nSPS) is 27.9. The van der Waals surface area contributed by atoms with Crippen molar-refractivity contribution >= 4 is 11.8 Å². The maximum atomic E-state index is 10.5. The van der Waals surface area contributed by atoms with Crippen LogP contribution in [-0.4, -0.2) is 17.9 Å². The van der Waals surface area contributed by atoms with Gasteiger partial charge in [-0.05, 0) is 6.42 Å². The molecule has 1 saturated heterocycles. The van der Waals surface area contributed by atoms with Crippen molar-refractivity contribution in [2.24, 2.45) is 0 Å². The molecule has 1 aliphatic heterocycles. The minimum atomic E-state index is -0.734. The van der Waals surface area contributed by atoms with Gasteiger partial charge < -0.3 is 0 Å². The standard InChI is InChI=1S/C5H7N2O2/c6-3-1-2-4(8)7-5(3)9/h3,6H,1-2H2,(H,7,8,9)/t3-/m1/s1. The van der Waals surface area contributed by atoms with E-state index in [1.165, 1.54) is 0 Å². The zero-order valence-corrected chi connectivity index (χ0v) is 4.81. The van der Waals surface area contributed by atoms with Crippen LogP contribution in [0.15, 0.2) is 0 Å². The third-order valence-electron chi connectivity index (χ3n) is 1.24. The molecular weight excluding hydrogens is 120 g/mol. The number of imide groups is 1. The summed E-state index contributed by atoms with van der Waals surface area (Å²) < 4.78 is 0. The Bertz CT molecular complexity index is 155. The van der Waals surface area contributed by atoms with Gasteiger partial charge in [-0.25, -0.2) is 5.73 Å². The van der Waals surface area contributed by atoms with E-state index in [0.717, 1.165) is 0 Å². The molecule has 1 fully saturated rings. The van der Waals surface area contributed by atoms with Crippen LogP contribution in [0.2, 0.25) is 0 Å². The number of hydrogen-bond donors (Lipinski definition) is 1. The van der Waals surface area contributed by atoms with Crippen LogP contribution in [0.25, 0.3) is 0 Å². The number of piperidine rings is 1. The lowest BCUT2D eigenvalue weighted by atomic mass is 10.1. The monoisotopic (exact) mass is 127 g/mol. The van der Waals surface area contributed by atoms with E-state index >= 15 is 0 Å². The fraction of sp³-hybridized carbons (Fsp3) is 0.600. The fourth-order valence-corrected chi connectivity index (χ4v) is 0.694. The Kier molecular flexibility index (Phi) is 1.48. The summed E-state index contributed by atoms with van der Waals surface area (Å²) in [5, 5.41) is 2.06. The van der Waals surface area contributed by atoms with E-state index in [9.17, 15) is 9.59 Å². The third-order valence-corrected chi connectivity index (χ3v) is 1.24. The number of carbonyl (C=O) groups excluding carboxylic acids is 2. The number of hydrogen-bond acceptors (Lipinski definition) is 2. The summed E-state index contributed by atoms with van der Waals surface area (Å²) >= 11 is 0. The zero-order chi connectivity index (χ0) is 6.85. The van der Waals surface area contributed by atoms with Crippen LogP contribution in [0.1, 0.15) is 12.8 Å². The highest BCUT2D eigenvalue weighted by Gasteiger charge is 2.22. The molecule has 0 aliphatic carbocycles. The fourth-order valence-electron chi connectivity index (χ4n) is 0.694. The maximum absolute atomic E-state index is 10.5. The number of nitrogens with one attached hydrogen (secondary N) is 2. The van der Waals surface area contributed by atoms with Gasteiger partial charge in [-0.15, -0.1) is 0 Å². The van der Waals surface area contributed by atoms with Crippen molar-refractivity contribution in [3.63, 3.8) is 0 Å². The van der Waals surface area contributed by atoms with Crippen LogP contribution in [0.3, 0.4) is 0 Å².